The van der Waals surface area contributed by atoms with E-state index in [-0.39, 0.29) is 0 Å². The van der Waals surface area contributed by atoms with E-state index in [0.717, 1.165) is 22.5 Å². The minimum absolute atomic E-state index is 0.965. The summed E-state index contributed by atoms with van der Waals surface area (Å²) in [5.41, 5.74) is 14.3. The molecule has 0 aliphatic heterocycles. The van der Waals surface area contributed by atoms with E-state index < -0.39 is 0 Å². The van der Waals surface area contributed by atoms with E-state index in [1.165, 1.54) is 131 Å². The molecule has 0 bridgehead atoms. The molecule has 0 radical (unpaired) electrons. The molecule has 0 amide bonds. The highest BCUT2D eigenvalue weighted by atomic mass is 14.7. The van der Waals surface area contributed by atoms with Gasteiger partial charge in [-0.05, 0) is 191 Å². The van der Waals surface area contributed by atoms with Crippen LogP contribution in [0.3, 0.4) is 0 Å². The van der Waals surface area contributed by atoms with Crippen molar-refractivity contribution in [1.29, 1.82) is 0 Å². The summed E-state index contributed by atoms with van der Waals surface area (Å²) in [5, 5.41) is 20.3. The van der Waals surface area contributed by atoms with Crippen LogP contribution in [0.25, 0.3) is 153 Å². The SMILES string of the molecule is c1ccc(-c2c3cc4c(cc3c(-c3ccccc3)c3c5ccccc5c5ccccc5c23)-c2ccc3c5cc(-c6ccccn6)cc6cc(-c7ccccn7)cc(c7ccc-4c2c73)c65)cc1. The van der Waals surface area contributed by atoms with Gasteiger partial charge in [0.05, 0.1) is 11.4 Å². The second-order valence-corrected chi connectivity index (χ2v) is 17.9. The summed E-state index contributed by atoms with van der Waals surface area (Å²) < 4.78 is 0. The molecular formula is C64H36N2. The normalized spacial score (nSPS) is 12.2. The average molecular weight is 833 g/mol. The van der Waals surface area contributed by atoms with Crippen molar-refractivity contribution < 1.29 is 0 Å². The zero-order chi connectivity index (χ0) is 43.0. The van der Waals surface area contributed by atoms with Crippen LogP contribution in [0.2, 0.25) is 0 Å². The number of fused-ring (bicyclic) bond motifs is 12. The molecule has 2 nitrogen and oxygen atoms in total. The molecule has 14 aromatic rings. The Morgan fingerprint density at radius 2 is 0.652 bits per heavy atom. The molecule has 12 aromatic carbocycles. The first-order valence-electron chi connectivity index (χ1n) is 22.8. The van der Waals surface area contributed by atoms with Crippen LogP contribution in [0.4, 0.5) is 0 Å². The first kappa shape index (κ1) is 35.7. The molecule has 302 valence electrons. The third-order valence-electron chi connectivity index (χ3n) is 14.5. The minimum Gasteiger partial charge on any atom is -0.256 e. The van der Waals surface area contributed by atoms with Crippen LogP contribution in [-0.2, 0) is 0 Å². The summed E-state index contributed by atoms with van der Waals surface area (Å²) in [6.45, 7) is 0. The Bertz CT molecular complexity index is 4080. The van der Waals surface area contributed by atoms with Crippen molar-refractivity contribution >= 4 is 86.2 Å². The molecule has 2 heteroatoms. The van der Waals surface area contributed by atoms with E-state index in [0.29, 0.717) is 0 Å². The highest BCUT2D eigenvalue weighted by Crippen LogP contribution is 2.57. The summed E-state index contributed by atoms with van der Waals surface area (Å²) in [7, 11) is 0. The fourth-order valence-corrected chi connectivity index (χ4v) is 11.9. The van der Waals surface area contributed by atoms with E-state index in [1.54, 1.807) is 0 Å². The molecule has 1 aliphatic rings. The Balaban J connectivity index is 1.12. The molecule has 15 rings (SSSR count). The van der Waals surface area contributed by atoms with Crippen LogP contribution in [0, 0.1) is 0 Å². The zero-order valence-corrected chi connectivity index (χ0v) is 35.7. The number of aromatic nitrogens is 2. The highest BCUT2D eigenvalue weighted by molar-refractivity contribution is 6.40. The number of rotatable bonds is 4. The lowest BCUT2D eigenvalue weighted by molar-refractivity contribution is 1.33. The van der Waals surface area contributed by atoms with Gasteiger partial charge in [0.2, 0.25) is 0 Å². The van der Waals surface area contributed by atoms with Crippen molar-refractivity contribution in [3.05, 3.63) is 219 Å². The van der Waals surface area contributed by atoms with Gasteiger partial charge < -0.3 is 0 Å². The molecule has 2 aromatic heterocycles. The molecule has 0 saturated heterocycles. The molecule has 0 saturated carbocycles. The Hall–Kier alpha value is -8.72. The summed E-state index contributed by atoms with van der Waals surface area (Å²) in [4.78, 5) is 9.67. The second-order valence-electron chi connectivity index (χ2n) is 17.9. The first-order valence-corrected chi connectivity index (χ1v) is 22.8. The topological polar surface area (TPSA) is 25.8 Å². The quantitative estimate of drug-likeness (QED) is 0.130. The summed E-state index contributed by atoms with van der Waals surface area (Å²) >= 11 is 0. The summed E-state index contributed by atoms with van der Waals surface area (Å²) in [6, 6.07) is 76.6. The Kier molecular flexibility index (Phi) is 7.25. The van der Waals surface area contributed by atoms with Gasteiger partial charge in [0.1, 0.15) is 0 Å². The maximum absolute atomic E-state index is 4.84. The average Bonchev–Trinajstić information content (AvgIpc) is 3.71. The van der Waals surface area contributed by atoms with Gasteiger partial charge in [-0.25, -0.2) is 0 Å². The van der Waals surface area contributed by atoms with Gasteiger partial charge in [0.15, 0.2) is 0 Å². The van der Waals surface area contributed by atoms with Gasteiger partial charge in [-0.2, -0.15) is 0 Å². The maximum atomic E-state index is 4.84. The molecule has 0 atom stereocenters. The molecule has 0 unspecified atom stereocenters. The van der Waals surface area contributed by atoms with Crippen molar-refractivity contribution in [2.45, 2.75) is 0 Å². The molecule has 0 N–H and O–H groups in total. The Morgan fingerprint density at radius 1 is 0.227 bits per heavy atom. The lowest BCUT2D eigenvalue weighted by Gasteiger charge is -2.22. The second kappa shape index (κ2) is 13.4. The fraction of sp³-hybridized carbons (Fsp3) is 0. The first-order chi connectivity index (χ1) is 32.8. The van der Waals surface area contributed by atoms with Crippen LogP contribution >= 0.6 is 0 Å². The van der Waals surface area contributed by atoms with Crippen LogP contribution in [-0.4, -0.2) is 9.97 Å². The van der Waals surface area contributed by atoms with Crippen molar-refractivity contribution in [1.82, 2.24) is 9.97 Å². The lowest BCUT2D eigenvalue weighted by atomic mass is 9.80. The lowest BCUT2D eigenvalue weighted by Crippen LogP contribution is -1.94. The Morgan fingerprint density at radius 3 is 1.11 bits per heavy atom. The van der Waals surface area contributed by atoms with Crippen LogP contribution in [0.1, 0.15) is 0 Å². The largest absolute Gasteiger partial charge is 0.256 e. The smallest absolute Gasteiger partial charge is 0.0702 e. The van der Waals surface area contributed by atoms with Gasteiger partial charge in [-0.1, -0.05) is 146 Å². The van der Waals surface area contributed by atoms with E-state index in [1.807, 2.05) is 24.5 Å². The van der Waals surface area contributed by atoms with E-state index >= 15 is 0 Å². The molecule has 0 fully saturated rings. The summed E-state index contributed by atoms with van der Waals surface area (Å²) in [5.74, 6) is 0. The fourth-order valence-electron chi connectivity index (χ4n) is 11.9. The summed E-state index contributed by atoms with van der Waals surface area (Å²) in [6.07, 6.45) is 3.78. The maximum Gasteiger partial charge on any atom is 0.0702 e. The van der Waals surface area contributed by atoms with Gasteiger partial charge in [-0.15, -0.1) is 0 Å². The van der Waals surface area contributed by atoms with Crippen molar-refractivity contribution in [3.63, 3.8) is 0 Å². The van der Waals surface area contributed by atoms with E-state index in [4.69, 9.17) is 9.97 Å². The van der Waals surface area contributed by atoms with Crippen molar-refractivity contribution in [2.24, 2.45) is 0 Å². The van der Waals surface area contributed by atoms with Crippen molar-refractivity contribution in [2.75, 3.05) is 0 Å². The molecule has 0 spiro atoms. The van der Waals surface area contributed by atoms with Gasteiger partial charge in [0, 0.05) is 23.5 Å². The molecule has 1 aliphatic carbocycles. The van der Waals surface area contributed by atoms with Crippen LogP contribution in [0.5, 0.6) is 0 Å². The Labute approximate surface area is 380 Å². The number of pyridine rings is 2. The number of benzene rings is 12. The predicted molar refractivity (Wildman–Crippen MR) is 279 cm³/mol. The predicted octanol–water partition coefficient (Wildman–Crippen LogP) is 17.5. The number of hydrogen-bond acceptors (Lipinski definition) is 2. The standard InChI is InChI=1S/C64H36N2/c1-3-15-37(16-4-1)59-54-35-50-46-25-27-48-52-33-39(56-23-11-13-29-65-56)31-41-32-40(57-24-12-14-30-66-57)34-53(58(41)52)49-28-26-47(61(46)62(48)49)51(50)36-55(54)60(38-17-5-2-6-18-38)64-45-22-10-8-20-43(45)42-19-7-9-21-44(42)63(59)64/h1-36H. The molecule has 66 heavy (non-hydrogen) atoms. The van der Waals surface area contributed by atoms with E-state index in [9.17, 15) is 0 Å². The third-order valence-corrected chi connectivity index (χ3v) is 14.5. The van der Waals surface area contributed by atoms with Crippen LogP contribution in [0.15, 0.2) is 219 Å². The van der Waals surface area contributed by atoms with E-state index in [2.05, 4.69) is 194 Å². The zero-order valence-electron chi connectivity index (χ0n) is 35.7. The minimum atomic E-state index is 0.965. The highest BCUT2D eigenvalue weighted by Gasteiger charge is 2.29. The third kappa shape index (κ3) is 4.85. The molecular weight excluding hydrogens is 797 g/mol. The molecule has 2 heterocycles. The van der Waals surface area contributed by atoms with Crippen molar-refractivity contribution in [3.8, 4) is 67.0 Å². The van der Waals surface area contributed by atoms with Gasteiger partial charge in [-0.3, -0.25) is 9.97 Å². The monoisotopic (exact) mass is 832 g/mol. The van der Waals surface area contributed by atoms with Gasteiger partial charge >= 0.3 is 0 Å². The number of nitrogens with zero attached hydrogens (tertiary/aromatic N) is 2. The number of hydrogen-bond donors (Lipinski definition) is 0. The van der Waals surface area contributed by atoms with Gasteiger partial charge in [0.25, 0.3) is 0 Å². The van der Waals surface area contributed by atoms with Crippen LogP contribution < -0.4 is 0 Å².